The highest BCUT2D eigenvalue weighted by Crippen LogP contribution is 2.26. The molecule has 0 heterocycles. The number of fused-ring (bicyclic) bond motifs is 1. The van der Waals surface area contributed by atoms with Gasteiger partial charge in [0.05, 0.1) is 0 Å². The molecule has 3 heteroatoms. The van der Waals surface area contributed by atoms with Crippen LogP contribution in [0.25, 0.3) is 10.8 Å². The molecule has 0 aliphatic carbocycles. The molecule has 2 aromatic carbocycles. The monoisotopic (exact) mass is 270 g/mol. The number of halogens is 2. The Morgan fingerprint density at radius 2 is 1.75 bits per heavy atom. The maximum atomic E-state index is 5.94. The summed E-state index contributed by atoms with van der Waals surface area (Å²) < 4.78 is 0. The Kier molecular flexibility index (Phi) is 4.39. The zero-order chi connectivity index (χ0) is 11.4. The zero-order valence-corrected chi connectivity index (χ0v) is 11.1. The smallest absolute Gasteiger partial charge is 0.0412 e. The number of rotatable bonds is 4. The summed E-state index contributed by atoms with van der Waals surface area (Å²) in [6.45, 7) is 0. The molecule has 0 nitrogen and oxygen atoms in total. The predicted octanol–water partition coefficient (Wildman–Crippen LogP) is 5.21. The van der Waals surface area contributed by atoms with Crippen molar-refractivity contribution in [3.05, 3.63) is 41.4 Å². The van der Waals surface area contributed by atoms with Crippen molar-refractivity contribution in [2.75, 3.05) is 11.6 Å². The van der Waals surface area contributed by atoms with E-state index in [-0.39, 0.29) is 0 Å². The van der Waals surface area contributed by atoms with Crippen molar-refractivity contribution in [3.63, 3.8) is 0 Å². The molecule has 2 aromatic rings. The van der Waals surface area contributed by atoms with Crippen LogP contribution in [0.5, 0.6) is 0 Å². The Bertz CT molecular complexity index is 482. The van der Waals surface area contributed by atoms with Crippen molar-refractivity contribution in [2.45, 2.75) is 11.3 Å². The minimum Gasteiger partial charge on any atom is -0.127 e. The van der Waals surface area contributed by atoms with Crippen LogP contribution in [0, 0.1) is 0 Å². The van der Waals surface area contributed by atoms with Crippen LogP contribution in [0.1, 0.15) is 6.42 Å². The lowest BCUT2D eigenvalue weighted by Crippen LogP contribution is -1.81. The van der Waals surface area contributed by atoms with Crippen molar-refractivity contribution in [1.29, 1.82) is 0 Å². The average molecular weight is 271 g/mol. The fraction of sp³-hybridized carbons (Fsp3) is 0.231. The number of hydrogen-bond donors (Lipinski definition) is 0. The highest BCUT2D eigenvalue weighted by Gasteiger charge is 1.98. The predicted molar refractivity (Wildman–Crippen MR) is 75.0 cm³/mol. The van der Waals surface area contributed by atoms with Gasteiger partial charge in [0.1, 0.15) is 0 Å². The molecule has 84 valence electrons. The molecule has 0 spiro atoms. The maximum Gasteiger partial charge on any atom is 0.0412 e. The lowest BCUT2D eigenvalue weighted by Gasteiger charge is -2.03. The largest absolute Gasteiger partial charge is 0.127 e. The van der Waals surface area contributed by atoms with Gasteiger partial charge in [0.25, 0.3) is 0 Å². The number of thioether (sulfide) groups is 1. The fourth-order valence-electron chi connectivity index (χ4n) is 1.53. The first kappa shape index (κ1) is 12.1. The highest BCUT2D eigenvalue weighted by molar-refractivity contribution is 7.99. The Labute approximate surface area is 110 Å². The molecule has 0 radical (unpaired) electrons. The summed E-state index contributed by atoms with van der Waals surface area (Å²) in [6, 6.07) is 12.4. The number of alkyl halides is 1. The van der Waals surface area contributed by atoms with Gasteiger partial charge >= 0.3 is 0 Å². The van der Waals surface area contributed by atoms with Crippen molar-refractivity contribution in [1.82, 2.24) is 0 Å². The third-order valence-corrected chi connectivity index (χ3v) is 3.90. The van der Waals surface area contributed by atoms with E-state index in [2.05, 4.69) is 24.3 Å². The minimum atomic E-state index is 0.732. The van der Waals surface area contributed by atoms with Crippen molar-refractivity contribution >= 4 is 45.7 Å². The number of hydrogen-bond acceptors (Lipinski definition) is 1. The molecule has 0 aliphatic rings. The topological polar surface area (TPSA) is 0 Å². The summed E-state index contributed by atoms with van der Waals surface area (Å²) in [5.74, 6) is 1.80. The first-order valence-electron chi connectivity index (χ1n) is 5.18. The Hall–Kier alpha value is -0.370. The molecular weight excluding hydrogens is 259 g/mol. The lowest BCUT2D eigenvalue weighted by atomic mass is 10.1. The van der Waals surface area contributed by atoms with Gasteiger partial charge in [0.2, 0.25) is 0 Å². The van der Waals surface area contributed by atoms with Crippen LogP contribution in [-0.4, -0.2) is 11.6 Å². The molecule has 0 amide bonds. The second kappa shape index (κ2) is 5.81. The summed E-state index contributed by atoms with van der Waals surface area (Å²) in [6.07, 6.45) is 1.05. The molecule has 0 aromatic heterocycles. The van der Waals surface area contributed by atoms with Crippen molar-refractivity contribution in [2.24, 2.45) is 0 Å². The Balaban J connectivity index is 2.20. The Morgan fingerprint density at radius 1 is 1.00 bits per heavy atom. The lowest BCUT2D eigenvalue weighted by molar-refractivity contribution is 1.11. The van der Waals surface area contributed by atoms with E-state index >= 15 is 0 Å². The van der Waals surface area contributed by atoms with Gasteiger partial charge in [-0.3, -0.25) is 0 Å². The van der Waals surface area contributed by atoms with Gasteiger partial charge in [-0.2, -0.15) is 0 Å². The molecular formula is C13H12Cl2S. The van der Waals surface area contributed by atoms with Crippen LogP contribution in [0.15, 0.2) is 41.3 Å². The van der Waals surface area contributed by atoms with E-state index in [0.717, 1.165) is 23.1 Å². The van der Waals surface area contributed by atoms with E-state index in [0.29, 0.717) is 0 Å². The molecule has 0 aliphatic heterocycles. The molecule has 0 saturated carbocycles. The molecule has 0 unspecified atom stereocenters. The number of benzene rings is 2. The molecule has 0 bridgehead atoms. The van der Waals surface area contributed by atoms with Crippen LogP contribution in [0.4, 0.5) is 0 Å². The summed E-state index contributed by atoms with van der Waals surface area (Å²) in [5.41, 5.74) is 0. The minimum absolute atomic E-state index is 0.732. The van der Waals surface area contributed by atoms with E-state index in [1.165, 1.54) is 15.7 Å². The maximum absolute atomic E-state index is 5.94. The van der Waals surface area contributed by atoms with Gasteiger partial charge in [0, 0.05) is 15.8 Å². The first-order valence-corrected chi connectivity index (χ1v) is 7.07. The highest BCUT2D eigenvalue weighted by atomic mass is 35.5. The van der Waals surface area contributed by atoms with Gasteiger partial charge in [-0.1, -0.05) is 23.7 Å². The molecule has 0 saturated heterocycles. The van der Waals surface area contributed by atoms with Gasteiger partial charge in [-0.05, 0) is 47.2 Å². The SMILES string of the molecule is ClCCCSc1ccc2cc(Cl)ccc2c1. The van der Waals surface area contributed by atoms with E-state index in [4.69, 9.17) is 23.2 Å². The summed E-state index contributed by atoms with van der Waals surface area (Å²) in [4.78, 5) is 1.29. The van der Waals surface area contributed by atoms with Crippen molar-refractivity contribution in [3.8, 4) is 0 Å². The second-order valence-corrected chi connectivity index (χ2v) is 5.53. The van der Waals surface area contributed by atoms with Crippen LogP contribution < -0.4 is 0 Å². The zero-order valence-electron chi connectivity index (χ0n) is 8.75. The van der Waals surface area contributed by atoms with Gasteiger partial charge in [-0.25, -0.2) is 0 Å². The standard InChI is InChI=1S/C13H12Cl2S/c14-6-1-7-16-13-5-3-10-8-12(15)4-2-11(10)9-13/h2-5,8-9H,1,6-7H2. The second-order valence-electron chi connectivity index (χ2n) is 3.54. The van der Waals surface area contributed by atoms with Gasteiger partial charge in [-0.15, -0.1) is 23.4 Å². The fourth-order valence-corrected chi connectivity index (χ4v) is 2.90. The molecule has 0 atom stereocenters. The van der Waals surface area contributed by atoms with E-state index < -0.39 is 0 Å². The third-order valence-electron chi connectivity index (χ3n) is 2.32. The quantitative estimate of drug-likeness (QED) is 0.417. The normalized spacial score (nSPS) is 10.9. The van der Waals surface area contributed by atoms with E-state index in [9.17, 15) is 0 Å². The van der Waals surface area contributed by atoms with E-state index in [1.54, 1.807) is 0 Å². The average Bonchev–Trinajstić information content (AvgIpc) is 2.29. The van der Waals surface area contributed by atoms with Crippen molar-refractivity contribution < 1.29 is 0 Å². The van der Waals surface area contributed by atoms with Gasteiger partial charge in [0.15, 0.2) is 0 Å². The third kappa shape index (κ3) is 3.07. The molecule has 16 heavy (non-hydrogen) atoms. The summed E-state index contributed by atoms with van der Waals surface area (Å²) in [5, 5.41) is 3.21. The van der Waals surface area contributed by atoms with Crippen LogP contribution in [0.2, 0.25) is 5.02 Å². The first-order chi connectivity index (χ1) is 7.79. The Morgan fingerprint density at radius 3 is 2.56 bits per heavy atom. The molecule has 2 rings (SSSR count). The summed E-state index contributed by atoms with van der Waals surface area (Å²) >= 11 is 13.4. The van der Waals surface area contributed by atoms with E-state index in [1.807, 2.05) is 23.9 Å². The summed E-state index contributed by atoms with van der Waals surface area (Å²) in [7, 11) is 0. The van der Waals surface area contributed by atoms with Crippen LogP contribution >= 0.6 is 35.0 Å². The molecule has 0 N–H and O–H groups in total. The van der Waals surface area contributed by atoms with Crippen LogP contribution in [-0.2, 0) is 0 Å². The van der Waals surface area contributed by atoms with Gasteiger partial charge < -0.3 is 0 Å². The van der Waals surface area contributed by atoms with Crippen LogP contribution in [0.3, 0.4) is 0 Å². The molecule has 0 fully saturated rings.